The van der Waals surface area contributed by atoms with Crippen molar-refractivity contribution in [2.45, 2.75) is 64.8 Å². The van der Waals surface area contributed by atoms with E-state index in [1.807, 2.05) is 0 Å². The lowest BCUT2D eigenvalue weighted by Gasteiger charge is -2.25. The molecule has 0 radical (unpaired) electrons. The van der Waals surface area contributed by atoms with Gasteiger partial charge in [0.2, 0.25) is 0 Å². The third kappa shape index (κ3) is 3.63. The quantitative estimate of drug-likeness (QED) is 0.808. The van der Waals surface area contributed by atoms with E-state index >= 15 is 0 Å². The van der Waals surface area contributed by atoms with Gasteiger partial charge in [0.05, 0.1) is 0 Å². The Bertz CT molecular complexity index is 441. The van der Waals surface area contributed by atoms with E-state index in [1.54, 1.807) is 5.56 Å². The molecule has 0 amide bonds. The van der Waals surface area contributed by atoms with E-state index < -0.39 is 0 Å². The highest BCUT2D eigenvalue weighted by atomic mass is 14.9. The number of hydrogen-bond donors (Lipinski definition) is 1. The lowest BCUT2D eigenvalue weighted by molar-refractivity contribution is 0.319. The number of aryl methyl sites for hydroxylation is 2. The zero-order valence-corrected chi connectivity index (χ0v) is 13.1. The van der Waals surface area contributed by atoms with Crippen LogP contribution in [0.15, 0.2) is 18.2 Å². The molecule has 1 N–H and O–H groups in total. The van der Waals surface area contributed by atoms with Crippen molar-refractivity contribution >= 4 is 0 Å². The molecule has 0 aromatic heterocycles. The molecule has 110 valence electrons. The molecule has 0 heterocycles. The maximum Gasteiger partial charge on any atom is 0.00683 e. The molecule has 2 saturated carbocycles. The molecule has 2 aliphatic carbocycles. The summed E-state index contributed by atoms with van der Waals surface area (Å²) >= 11 is 0. The average molecular weight is 271 g/mol. The third-order valence-corrected chi connectivity index (χ3v) is 5.30. The molecule has 2 aliphatic rings. The Balaban J connectivity index is 1.68. The Morgan fingerprint density at radius 1 is 1.10 bits per heavy atom. The van der Waals surface area contributed by atoms with Crippen molar-refractivity contribution in [3.05, 3.63) is 34.9 Å². The highest BCUT2D eigenvalue weighted by Crippen LogP contribution is 2.34. The van der Waals surface area contributed by atoms with Crippen LogP contribution in [0.25, 0.3) is 0 Å². The number of rotatable bonds is 6. The van der Waals surface area contributed by atoms with Crippen LogP contribution in [-0.4, -0.2) is 12.6 Å². The molecule has 1 unspecified atom stereocenters. The Morgan fingerprint density at radius 2 is 1.85 bits per heavy atom. The van der Waals surface area contributed by atoms with Crippen molar-refractivity contribution < 1.29 is 0 Å². The Hall–Kier alpha value is -0.820. The van der Waals surface area contributed by atoms with Gasteiger partial charge < -0.3 is 5.32 Å². The van der Waals surface area contributed by atoms with Gasteiger partial charge in [-0.3, -0.25) is 0 Å². The highest BCUT2D eigenvalue weighted by Gasteiger charge is 2.28. The number of nitrogens with one attached hydrogen (secondary N) is 1. The standard InChI is InChI=1S/C19H29N/c1-14-7-8-15(2)17(11-14)12-18(13-20-19-9-10-19)16-5-3-4-6-16/h7-8,11,16,18-20H,3-6,9-10,12-13H2,1-2H3. The predicted molar refractivity (Wildman–Crippen MR) is 86.1 cm³/mol. The fraction of sp³-hybridized carbons (Fsp3) is 0.684. The first kappa shape index (κ1) is 14.1. The highest BCUT2D eigenvalue weighted by molar-refractivity contribution is 5.31. The van der Waals surface area contributed by atoms with E-state index in [4.69, 9.17) is 0 Å². The summed E-state index contributed by atoms with van der Waals surface area (Å²) in [5, 5.41) is 3.79. The van der Waals surface area contributed by atoms with Crippen LogP contribution < -0.4 is 5.32 Å². The van der Waals surface area contributed by atoms with E-state index in [-0.39, 0.29) is 0 Å². The fourth-order valence-corrected chi connectivity index (χ4v) is 3.74. The second kappa shape index (κ2) is 6.30. The van der Waals surface area contributed by atoms with Crippen LogP contribution in [0.5, 0.6) is 0 Å². The van der Waals surface area contributed by atoms with Gasteiger partial charge in [-0.1, -0.05) is 49.4 Å². The number of benzene rings is 1. The summed E-state index contributed by atoms with van der Waals surface area (Å²) in [7, 11) is 0. The van der Waals surface area contributed by atoms with Crippen LogP contribution in [0.4, 0.5) is 0 Å². The van der Waals surface area contributed by atoms with Gasteiger partial charge >= 0.3 is 0 Å². The minimum atomic E-state index is 0.845. The van der Waals surface area contributed by atoms with Crippen LogP contribution in [0.3, 0.4) is 0 Å². The molecule has 1 atom stereocenters. The first-order valence-corrected chi connectivity index (χ1v) is 8.52. The van der Waals surface area contributed by atoms with Gasteiger partial charge in [0.25, 0.3) is 0 Å². The molecular formula is C19H29N. The van der Waals surface area contributed by atoms with Crippen LogP contribution in [-0.2, 0) is 6.42 Å². The van der Waals surface area contributed by atoms with Crippen LogP contribution in [0.1, 0.15) is 55.2 Å². The summed E-state index contributed by atoms with van der Waals surface area (Å²) < 4.78 is 0. The van der Waals surface area contributed by atoms with Gasteiger partial charge in [-0.25, -0.2) is 0 Å². The molecule has 1 heteroatoms. The Labute approximate surface area is 124 Å². The Morgan fingerprint density at radius 3 is 2.55 bits per heavy atom. The lowest BCUT2D eigenvalue weighted by Crippen LogP contribution is -2.30. The molecule has 0 saturated heterocycles. The van der Waals surface area contributed by atoms with E-state index in [2.05, 4.69) is 37.4 Å². The first-order valence-electron chi connectivity index (χ1n) is 8.52. The largest absolute Gasteiger partial charge is 0.314 e. The maximum absolute atomic E-state index is 3.79. The summed E-state index contributed by atoms with van der Waals surface area (Å²) in [6.45, 7) is 5.73. The summed E-state index contributed by atoms with van der Waals surface area (Å²) in [5.41, 5.74) is 4.47. The van der Waals surface area contributed by atoms with Crippen molar-refractivity contribution in [3.63, 3.8) is 0 Å². The van der Waals surface area contributed by atoms with E-state index in [0.29, 0.717) is 0 Å². The minimum Gasteiger partial charge on any atom is -0.314 e. The molecule has 2 fully saturated rings. The molecule has 1 aromatic carbocycles. The van der Waals surface area contributed by atoms with Crippen LogP contribution >= 0.6 is 0 Å². The van der Waals surface area contributed by atoms with Crippen molar-refractivity contribution in [3.8, 4) is 0 Å². The molecular weight excluding hydrogens is 242 g/mol. The van der Waals surface area contributed by atoms with Gasteiger partial charge in [0.15, 0.2) is 0 Å². The van der Waals surface area contributed by atoms with Crippen molar-refractivity contribution in [2.24, 2.45) is 11.8 Å². The number of hydrogen-bond acceptors (Lipinski definition) is 1. The van der Waals surface area contributed by atoms with Gasteiger partial charge in [-0.05, 0) is 62.6 Å². The lowest BCUT2D eigenvalue weighted by atomic mass is 9.84. The molecule has 20 heavy (non-hydrogen) atoms. The van der Waals surface area contributed by atoms with Gasteiger partial charge in [0, 0.05) is 6.04 Å². The van der Waals surface area contributed by atoms with Crippen molar-refractivity contribution in [1.82, 2.24) is 5.32 Å². The summed E-state index contributed by atoms with van der Waals surface area (Å²) in [4.78, 5) is 0. The summed E-state index contributed by atoms with van der Waals surface area (Å²) in [6, 6.07) is 7.79. The second-order valence-electron chi connectivity index (χ2n) is 7.12. The zero-order valence-electron chi connectivity index (χ0n) is 13.1. The van der Waals surface area contributed by atoms with Gasteiger partial charge in [-0.15, -0.1) is 0 Å². The monoisotopic (exact) mass is 271 g/mol. The Kier molecular flexibility index (Phi) is 4.45. The second-order valence-corrected chi connectivity index (χ2v) is 7.12. The molecule has 1 nitrogen and oxygen atoms in total. The van der Waals surface area contributed by atoms with Crippen molar-refractivity contribution in [2.75, 3.05) is 6.54 Å². The van der Waals surface area contributed by atoms with Gasteiger partial charge in [0.1, 0.15) is 0 Å². The summed E-state index contributed by atoms with van der Waals surface area (Å²) in [5.74, 6) is 1.81. The normalized spacial score (nSPS) is 21.3. The van der Waals surface area contributed by atoms with Crippen LogP contribution in [0.2, 0.25) is 0 Å². The molecule has 0 spiro atoms. The predicted octanol–water partition coefficient (Wildman–Crippen LogP) is 4.40. The van der Waals surface area contributed by atoms with E-state index in [9.17, 15) is 0 Å². The molecule has 3 rings (SSSR count). The average Bonchev–Trinajstić information content (AvgIpc) is 3.10. The fourth-order valence-electron chi connectivity index (χ4n) is 3.74. The third-order valence-electron chi connectivity index (χ3n) is 5.30. The topological polar surface area (TPSA) is 12.0 Å². The van der Waals surface area contributed by atoms with E-state index in [1.165, 1.54) is 62.6 Å². The minimum absolute atomic E-state index is 0.845. The summed E-state index contributed by atoms with van der Waals surface area (Å²) in [6.07, 6.45) is 9.91. The smallest absolute Gasteiger partial charge is 0.00683 e. The van der Waals surface area contributed by atoms with Gasteiger partial charge in [-0.2, -0.15) is 0 Å². The van der Waals surface area contributed by atoms with Crippen molar-refractivity contribution in [1.29, 1.82) is 0 Å². The zero-order chi connectivity index (χ0) is 13.9. The first-order chi connectivity index (χ1) is 9.72. The SMILES string of the molecule is Cc1ccc(C)c(CC(CNC2CC2)C2CCCC2)c1. The molecule has 0 aliphatic heterocycles. The molecule has 1 aromatic rings. The maximum atomic E-state index is 3.79. The van der Waals surface area contributed by atoms with E-state index in [0.717, 1.165) is 17.9 Å². The molecule has 0 bridgehead atoms. The van der Waals surface area contributed by atoms with Crippen LogP contribution in [0, 0.1) is 25.7 Å².